The van der Waals surface area contributed by atoms with Crippen molar-refractivity contribution in [2.75, 3.05) is 41.3 Å². The van der Waals surface area contributed by atoms with Crippen molar-refractivity contribution >= 4 is 5.91 Å². The second kappa shape index (κ2) is 6.74. The molecule has 0 unspecified atom stereocenters. The zero-order chi connectivity index (χ0) is 16.4. The van der Waals surface area contributed by atoms with E-state index in [9.17, 15) is 4.79 Å². The van der Waals surface area contributed by atoms with Gasteiger partial charge in [-0.05, 0) is 18.2 Å². The summed E-state index contributed by atoms with van der Waals surface area (Å²) in [6, 6.07) is 4.94. The lowest BCUT2D eigenvalue weighted by atomic mass is 10.0. The largest absolute Gasteiger partial charge is 0.454 e. The van der Waals surface area contributed by atoms with E-state index in [-0.39, 0.29) is 30.9 Å². The molecule has 0 N–H and O–H groups in total. The van der Waals surface area contributed by atoms with Crippen LogP contribution in [0.5, 0.6) is 11.5 Å². The molecular weight excluding hydrogens is 302 g/mol. The summed E-state index contributed by atoms with van der Waals surface area (Å²) in [7, 11) is 4.97. The molecule has 3 atom stereocenters. The zero-order valence-corrected chi connectivity index (χ0v) is 13.5. The first-order valence-corrected chi connectivity index (χ1v) is 7.46. The van der Waals surface area contributed by atoms with Crippen LogP contribution in [0.2, 0.25) is 0 Å². The lowest BCUT2D eigenvalue weighted by molar-refractivity contribution is -0.147. The Kier molecular flexibility index (Phi) is 4.70. The number of benzene rings is 1. The van der Waals surface area contributed by atoms with E-state index in [4.69, 9.17) is 23.7 Å². The number of likely N-dealkylation sites (N-methyl/N-ethyl adjacent to an activating group) is 1. The van der Waals surface area contributed by atoms with Gasteiger partial charge in [0.15, 0.2) is 11.5 Å². The topological polar surface area (TPSA) is 66.5 Å². The fourth-order valence-electron chi connectivity index (χ4n) is 2.97. The number of ether oxygens (including phenoxy) is 5. The van der Waals surface area contributed by atoms with Crippen LogP contribution in [-0.4, -0.2) is 70.3 Å². The molecule has 3 rings (SSSR count). The molecule has 7 heteroatoms. The molecule has 2 aliphatic heterocycles. The van der Waals surface area contributed by atoms with E-state index in [1.165, 1.54) is 0 Å². The van der Waals surface area contributed by atoms with Gasteiger partial charge < -0.3 is 28.6 Å². The summed E-state index contributed by atoms with van der Waals surface area (Å²) in [5.41, 5.74) is 0.533. The van der Waals surface area contributed by atoms with E-state index >= 15 is 0 Å². The van der Waals surface area contributed by atoms with E-state index < -0.39 is 0 Å². The standard InChI is InChI=1S/C16H21NO6/c1-17(11-7-21-8-14(19-2)15(11)20-3)16(18)10-4-5-12-13(6-10)23-9-22-12/h4-6,11,14-15H,7-9H2,1-3H3/t11-,14-,15+/m1/s1. The summed E-state index contributed by atoms with van der Waals surface area (Å²) in [5.74, 6) is 1.11. The van der Waals surface area contributed by atoms with Gasteiger partial charge in [-0.2, -0.15) is 0 Å². The van der Waals surface area contributed by atoms with E-state index in [1.54, 1.807) is 44.4 Å². The van der Waals surface area contributed by atoms with Crippen molar-refractivity contribution in [1.82, 2.24) is 4.90 Å². The first-order valence-electron chi connectivity index (χ1n) is 7.46. The lowest BCUT2D eigenvalue weighted by Crippen LogP contribution is -2.57. The molecule has 2 aliphatic rings. The number of carbonyl (C=O) groups excluding carboxylic acids is 1. The zero-order valence-electron chi connectivity index (χ0n) is 13.5. The Hall–Kier alpha value is -1.83. The molecular formula is C16H21NO6. The van der Waals surface area contributed by atoms with E-state index in [0.717, 1.165) is 0 Å². The molecule has 126 valence electrons. The fourth-order valence-corrected chi connectivity index (χ4v) is 2.97. The van der Waals surface area contributed by atoms with Gasteiger partial charge in [-0.1, -0.05) is 0 Å². The monoisotopic (exact) mass is 323 g/mol. The number of carbonyl (C=O) groups is 1. The predicted molar refractivity (Wildman–Crippen MR) is 80.9 cm³/mol. The highest BCUT2D eigenvalue weighted by molar-refractivity contribution is 5.95. The van der Waals surface area contributed by atoms with Crippen LogP contribution in [0, 0.1) is 0 Å². The number of amides is 1. The maximum absolute atomic E-state index is 12.8. The van der Waals surface area contributed by atoms with Gasteiger partial charge in [-0.3, -0.25) is 4.79 Å². The third kappa shape index (κ3) is 2.99. The smallest absolute Gasteiger partial charge is 0.254 e. The summed E-state index contributed by atoms with van der Waals surface area (Å²) >= 11 is 0. The summed E-state index contributed by atoms with van der Waals surface area (Å²) in [6.45, 7) is 1.04. The van der Waals surface area contributed by atoms with Gasteiger partial charge in [0.1, 0.15) is 12.2 Å². The van der Waals surface area contributed by atoms with Crippen LogP contribution in [0.3, 0.4) is 0 Å². The fraction of sp³-hybridized carbons (Fsp3) is 0.562. The second-order valence-electron chi connectivity index (χ2n) is 5.56. The van der Waals surface area contributed by atoms with Crippen molar-refractivity contribution < 1.29 is 28.5 Å². The van der Waals surface area contributed by atoms with Crippen LogP contribution in [0.25, 0.3) is 0 Å². The summed E-state index contributed by atoms with van der Waals surface area (Å²) in [4.78, 5) is 14.4. The van der Waals surface area contributed by atoms with Crippen LogP contribution in [-0.2, 0) is 14.2 Å². The average molecular weight is 323 g/mol. The van der Waals surface area contributed by atoms with E-state index in [2.05, 4.69) is 0 Å². The van der Waals surface area contributed by atoms with Crippen molar-refractivity contribution in [2.45, 2.75) is 18.2 Å². The number of fused-ring (bicyclic) bond motifs is 1. The maximum atomic E-state index is 12.8. The quantitative estimate of drug-likeness (QED) is 0.821. The minimum Gasteiger partial charge on any atom is -0.454 e. The Labute approximate surface area is 135 Å². The van der Waals surface area contributed by atoms with Crippen LogP contribution in [0.1, 0.15) is 10.4 Å². The molecule has 0 bridgehead atoms. The van der Waals surface area contributed by atoms with E-state index in [0.29, 0.717) is 30.3 Å². The Morgan fingerprint density at radius 2 is 1.96 bits per heavy atom. The first-order chi connectivity index (χ1) is 11.2. The highest BCUT2D eigenvalue weighted by Gasteiger charge is 2.38. The normalized spacial score (nSPS) is 26.1. The van der Waals surface area contributed by atoms with Gasteiger partial charge in [-0.25, -0.2) is 0 Å². The second-order valence-corrected chi connectivity index (χ2v) is 5.56. The van der Waals surface area contributed by atoms with Crippen molar-refractivity contribution in [3.05, 3.63) is 23.8 Å². The third-order valence-electron chi connectivity index (χ3n) is 4.33. The number of rotatable bonds is 4. The van der Waals surface area contributed by atoms with Gasteiger partial charge in [-0.15, -0.1) is 0 Å². The Bertz CT molecular complexity index is 578. The molecule has 0 aliphatic carbocycles. The van der Waals surface area contributed by atoms with Crippen LogP contribution < -0.4 is 9.47 Å². The van der Waals surface area contributed by atoms with Crippen LogP contribution in [0.4, 0.5) is 0 Å². The molecule has 2 heterocycles. The van der Waals surface area contributed by atoms with Gasteiger partial charge in [0.25, 0.3) is 5.91 Å². The highest BCUT2D eigenvalue weighted by atomic mass is 16.7. The number of methoxy groups -OCH3 is 2. The van der Waals surface area contributed by atoms with Crippen molar-refractivity contribution in [1.29, 1.82) is 0 Å². The Morgan fingerprint density at radius 1 is 1.17 bits per heavy atom. The maximum Gasteiger partial charge on any atom is 0.254 e. The molecule has 7 nitrogen and oxygen atoms in total. The molecule has 0 spiro atoms. The molecule has 1 aromatic rings. The Balaban J connectivity index is 1.78. The third-order valence-corrected chi connectivity index (χ3v) is 4.33. The molecule has 1 fully saturated rings. The van der Waals surface area contributed by atoms with Crippen molar-refractivity contribution in [3.63, 3.8) is 0 Å². The SMILES string of the molecule is CO[C@H]1[C@H](N(C)C(=O)c2ccc3c(c2)OCO3)COC[C@H]1OC. The summed E-state index contributed by atoms with van der Waals surface area (Å²) < 4.78 is 27.1. The Morgan fingerprint density at radius 3 is 2.70 bits per heavy atom. The molecule has 0 radical (unpaired) electrons. The average Bonchev–Trinajstić information content (AvgIpc) is 3.07. The lowest BCUT2D eigenvalue weighted by Gasteiger charge is -2.40. The van der Waals surface area contributed by atoms with Gasteiger partial charge in [0, 0.05) is 26.8 Å². The van der Waals surface area contributed by atoms with Gasteiger partial charge in [0.05, 0.1) is 19.3 Å². The van der Waals surface area contributed by atoms with Crippen LogP contribution >= 0.6 is 0 Å². The number of hydrogen-bond donors (Lipinski definition) is 0. The van der Waals surface area contributed by atoms with Crippen LogP contribution in [0.15, 0.2) is 18.2 Å². The predicted octanol–water partition coefficient (Wildman–Crippen LogP) is 0.916. The molecule has 0 saturated carbocycles. The summed E-state index contributed by atoms with van der Waals surface area (Å²) in [6.07, 6.45) is -0.442. The first kappa shape index (κ1) is 16.0. The molecule has 0 aromatic heterocycles. The molecule has 1 saturated heterocycles. The van der Waals surface area contributed by atoms with Gasteiger partial charge in [0.2, 0.25) is 6.79 Å². The number of nitrogens with zero attached hydrogens (tertiary/aromatic N) is 1. The highest BCUT2D eigenvalue weighted by Crippen LogP contribution is 2.33. The van der Waals surface area contributed by atoms with Gasteiger partial charge >= 0.3 is 0 Å². The molecule has 1 aromatic carbocycles. The number of hydrogen-bond acceptors (Lipinski definition) is 6. The molecule has 1 amide bonds. The molecule has 23 heavy (non-hydrogen) atoms. The van der Waals surface area contributed by atoms with Crippen molar-refractivity contribution in [3.8, 4) is 11.5 Å². The minimum absolute atomic E-state index is 0.129. The minimum atomic E-state index is -0.239. The summed E-state index contributed by atoms with van der Waals surface area (Å²) in [5, 5.41) is 0. The van der Waals surface area contributed by atoms with E-state index in [1.807, 2.05) is 0 Å². The van der Waals surface area contributed by atoms with Crippen molar-refractivity contribution in [2.24, 2.45) is 0 Å².